The molecular weight excluding hydrogens is 524 g/mol. The lowest BCUT2D eigenvalue weighted by atomic mass is 9.78. The maximum absolute atomic E-state index is 6.67. The monoisotopic (exact) mass is 552 g/mol. The minimum atomic E-state index is 0.00739. The van der Waals surface area contributed by atoms with Crippen LogP contribution in [0.1, 0.15) is 35.2 Å². The standard InChI is InChI=1S/C40H28N2O/c1-2-10-25(11-3-1)28-16-8-18-34-35-19-9-17-29(40(35)43-39(28)34)26-20-22-27(23-21-26)36-24-41-37-32-14-6-4-12-30(32)31-13-5-7-15-33(31)38(37)42-36/h1-22,24,27,37-38H,23H2. The number of allylic oxidation sites excluding steroid dienone is 4. The average Bonchev–Trinajstić information content (AvgIpc) is 3.48. The average molecular weight is 553 g/mol. The van der Waals surface area contributed by atoms with Crippen molar-refractivity contribution in [1.82, 2.24) is 0 Å². The topological polar surface area (TPSA) is 37.9 Å². The Morgan fingerprint density at radius 3 is 1.93 bits per heavy atom. The van der Waals surface area contributed by atoms with Crippen LogP contribution in [0, 0.1) is 5.92 Å². The number of rotatable bonds is 3. The molecule has 0 amide bonds. The Morgan fingerprint density at radius 2 is 1.21 bits per heavy atom. The third kappa shape index (κ3) is 3.81. The third-order valence-corrected chi connectivity index (χ3v) is 9.20. The molecule has 0 fully saturated rings. The molecule has 0 saturated heterocycles. The van der Waals surface area contributed by atoms with Crippen LogP contribution >= 0.6 is 0 Å². The van der Waals surface area contributed by atoms with Gasteiger partial charge >= 0.3 is 0 Å². The van der Waals surface area contributed by atoms with Crippen LogP contribution in [-0.2, 0) is 0 Å². The van der Waals surface area contributed by atoms with Crippen LogP contribution < -0.4 is 0 Å². The van der Waals surface area contributed by atoms with Crippen molar-refractivity contribution >= 4 is 39.4 Å². The van der Waals surface area contributed by atoms with Crippen molar-refractivity contribution in [3.05, 3.63) is 150 Å². The second-order valence-electron chi connectivity index (χ2n) is 11.6. The highest BCUT2D eigenvalue weighted by Gasteiger charge is 2.35. The van der Waals surface area contributed by atoms with Gasteiger partial charge in [-0.3, -0.25) is 9.98 Å². The Bertz CT molecular complexity index is 2180. The molecule has 2 aliphatic carbocycles. The fraction of sp³-hybridized carbons (Fsp3) is 0.100. The molecule has 3 atom stereocenters. The molecule has 1 aromatic heterocycles. The van der Waals surface area contributed by atoms with Crippen molar-refractivity contribution in [1.29, 1.82) is 0 Å². The number of hydrogen-bond acceptors (Lipinski definition) is 3. The van der Waals surface area contributed by atoms with Gasteiger partial charge in [0.05, 0.1) is 5.71 Å². The van der Waals surface area contributed by atoms with E-state index in [0.717, 1.165) is 50.8 Å². The SMILES string of the molecule is C1=CC(C2=NC3c4ccccc4-c4ccccc4C3N=C2)CC=C1c1cccc2c1oc1c(-c3ccccc3)cccc12. The van der Waals surface area contributed by atoms with Gasteiger partial charge in [0.1, 0.15) is 23.2 Å². The van der Waals surface area contributed by atoms with E-state index >= 15 is 0 Å². The lowest BCUT2D eigenvalue weighted by Gasteiger charge is -2.34. The molecule has 5 aromatic carbocycles. The summed E-state index contributed by atoms with van der Waals surface area (Å²) in [6.45, 7) is 0. The van der Waals surface area contributed by atoms with Gasteiger partial charge in [0.15, 0.2) is 0 Å². The summed E-state index contributed by atoms with van der Waals surface area (Å²) in [5.74, 6) is 0.192. The highest BCUT2D eigenvalue weighted by atomic mass is 16.3. The van der Waals surface area contributed by atoms with E-state index in [9.17, 15) is 0 Å². The molecule has 43 heavy (non-hydrogen) atoms. The van der Waals surface area contributed by atoms with Crippen molar-refractivity contribution in [2.45, 2.75) is 18.5 Å². The van der Waals surface area contributed by atoms with Gasteiger partial charge in [-0.2, -0.15) is 0 Å². The summed E-state index contributed by atoms with van der Waals surface area (Å²) in [7, 11) is 0. The Balaban J connectivity index is 1.05. The van der Waals surface area contributed by atoms with E-state index in [2.05, 4.69) is 127 Å². The lowest BCUT2D eigenvalue weighted by molar-refractivity contribution is 0.565. The second kappa shape index (κ2) is 9.64. The summed E-state index contributed by atoms with van der Waals surface area (Å²) in [4.78, 5) is 10.4. The second-order valence-corrected chi connectivity index (χ2v) is 11.6. The van der Waals surface area contributed by atoms with E-state index in [0.29, 0.717) is 0 Å². The number of aliphatic imine (C=N–C) groups is 2. The zero-order chi connectivity index (χ0) is 28.3. The van der Waals surface area contributed by atoms with Crippen molar-refractivity contribution in [3.8, 4) is 22.3 Å². The molecule has 0 bridgehead atoms. The largest absolute Gasteiger partial charge is 0.455 e. The number of nitrogens with zero attached hydrogens (tertiary/aromatic N) is 2. The maximum Gasteiger partial charge on any atom is 0.143 e. The first-order valence-corrected chi connectivity index (χ1v) is 15.0. The fourth-order valence-corrected chi connectivity index (χ4v) is 7.12. The van der Waals surface area contributed by atoms with Gasteiger partial charge in [-0.05, 0) is 39.8 Å². The summed E-state index contributed by atoms with van der Waals surface area (Å²) in [6, 6.07) is 40.7. The van der Waals surface area contributed by atoms with Crippen molar-refractivity contribution < 1.29 is 4.42 Å². The van der Waals surface area contributed by atoms with Gasteiger partial charge in [-0.15, -0.1) is 0 Å². The van der Waals surface area contributed by atoms with Gasteiger partial charge in [-0.1, -0.05) is 133 Å². The number of benzene rings is 5. The number of hydrogen-bond donors (Lipinski definition) is 0. The lowest BCUT2D eigenvalue weighted by Crippen LogP contribution is -2.25. The quantitative estimate of drug-likeness (QED) is 0.215. The maximum atomic E-state index is 6.67. The van der Waals surface area contributed by atoms with Crippen LogP contribution in [0.25, 0.3) is 49.8 Å². The zero-order valence-corrected chi connectivity index (χ0v) is 23.5. The predicted octanol–water partition coefficient (Wildman–Crippen LogP) is 10.2. The molecule has 3 heteroatoms. The summed E-state index contributed by atoms with van der Waals surface area (Å²) < 4.78 is 6.67. The Labute approximate surface area is 250 Å². The Hall–Kier alpha value is -5.28. The Kier molecular flexibility index (Phi) is 5.45. The zero-order valence-electron chi connectivity index (χ0n) is 23.5. The summed E-state index contributed by atoms with van der Waals surface area (Å²) >= 11 is 0. The highest BCUT2D eigenvalue weighted by molar-refractivity contribution is 6.32. The van der Waals surface area contributed by atoms with Gasteiger partial charge in [-0.25, -0.2) is 0 Å². The van der Waals surface area contributed by atoms with Crippen LogP contribution in [0.15, 0.2) is 148 Å². The molecule has 0 N–H and O–H groups in total. The van der Waals surface area contributed by atoms with Gasteiger partial charge in [0.25, 0.3) is 0 Å². The summed E-state index contributed by atoms with van der Waals surface area (Å²) in [6.07, 6.45) is 9.75. The normalized spacial score (nSPS) is 20.3. The van der Waals surface area contributed by atoms with E-state index in [1.54, 1.807) is 0 Å². The predicted molar refractivity (Wildman–Crippen MR) is 178 cm³/mol. The third-order valence-electron chi connectivity index (χ3n) is 9.20. The van der Waals surface area contributed by atoms with Crippen LogP contribution in [0.5, 0.6) is 0 Å². The van der Waals surface area contributed by atoms with Gasteiger partial charge in [0.2, 0.25) is 0 Å². The first-order chi connectivity index (χ1) is 21.3. The molecule has 0 spiro atoms. The van der Waals surface area contributed by atoms with E-state index in [-0.39, 0.29) is 18.0 Å². The molecule has 1 aliphatic heterocycles. The molecule has 204 valence electrons. The van der Waals surface area contributed by atoms with E-state index in [1.807, 2.05) is 12.3 Å². The van der Waals surface area contributed by atoms with Crippen LogP contribution in [0.4, 0.5) is 0 Å². The first-order valence-electron chi connectivity index (χ1n) is 15.0. The summed E-state index contributed by atoms with van der Waals surface area (Å²) in [5, 5.41) is 2.29. The highest BCUT2D eigenvalue weighted by Crippen LogP contribution is 2.49. The molecule has 3 nitrogen and oxygen atoms in total. The van der Waals surface area contributed by atoms with Crippen molar-refractivity contribution in [2.75, 3.05) is 0 Å². The van der Waals surface area contributed by atoms with Crippen molar-refractivity contribution in [2.24, 2.45) is 15.9 Å². The first kappa shape index (κ1) is 24.3. The van der Waals surface area contributed by atoms with E-state index < -0.39 is 0 Å². The molecule has 2 heterocycles. The number of para-hydroxylation sites is 2. The minimum Gasteiger partial charge on any atom is -0.455 e. The molecule has 9 rings (SSSR count). The van der Waals surface area contributed by atoms with Crippen molar-refractivity contribution in [3.63, 3.8) is 0 Å². The van der Waals surface area contributed by atoms with Crippen LogP contribution in [0.2, 0.25) is 0 Å². The molecular formula is C40H28N2O. The summed E-state index contributed by atoms with van der Waals surface area (Å²) in [5.41, 5.74) is 12.6. The smallest absolute Gasteiger partial charge is 0.143 e. The van der Waals surface area contributed by atoms with Crippen LogP contribution in [-0.4, -0.2) is 11.9 Å². The van der Waals surface area contributed by atoms with Crippen LogP contribution in [0.3, 0.4) is 0 Å². The van der Waals surface area contributed by atoms with Gasteiger partial charge in [0, 0.05) is 34.0 Å². The molecule has 3 aliphatic rings. The van der Waals surface area contributed by atoms with Gasteiger partial charge < -0.3 is 4.42 Å². The molecule has 0 saturated carbocycles. The minimum absolute atomic E-state index is 0.00739. The number of furan rings is 1. The molecule has 3 unspecified atom stereocenters. The van der Waals surface area contributed by atoms with E-state index in [1.165, 1.54) is 27.8 Å². The molecule has 6 aromatic rings. The number of fused-ring (bicyclic) bond motifs is 9. The Morgan fingerprint density at radius 1 is 0.581 bits per heavy atom. The van der Waals surface area contributed by atoms with E-state index in [4.69, 9.17) is 14.4 Å². The molecule has 0 radical (unpaired) electrons. The fourth-order valence-electron chi connectivity index (χ4n) is 7.12.